The molecule has 1 aliphatic rings. The molecule has 0 amide bonds. The summed E-state index contributed by atoms with van der Waals surface area (Å²) in [6.45, 7) is 11.4. The summed E-state index contributed by atoms with van der Waals surface area (Å²) in [5, 5.41) is 0. The fourth-order valence-electron chi connectivity index (χ4n) is 7.78. The first-order valence-corrected chi connectivity index (χ1v) is 21.7. The zero-order chi connectivity index (χ0) is 35.8. The van der Waals surface area contributed by atoms with Crippen LogP contribution in [0.15, 0.2) is 48.0 Å². The molecule has 1 aliphatic heterocycles. The molecule has 50 heavy (non-hydrogen) atoms. The molecule has 0 N–H and O–H groups in total. The fraction of sp³-hybridized carbons (Fsp3) is 0.667. The van der Waals surface area contributed by atoms with Gasteiger partial charge in [0.25, 0.3) is 0 Å². The molecular formula is C48H76N2. The van der Waals surface area contributed by atoms with Crippen molar-refractivity contribution in [2.75, 3.05) is 0 Å². The molecule has 0 bridgehead atoms. The van der Waals surface area contributed by atoms with E-state index >= 15 is 0 Å². The van der Waals surface area contributed by atoms with Crippen LogP contribution in [0, 0.1) is 0 Å². The molecular weight excluding hydrogens is 605 g/mol. The second kappa shape index (κ2) is 25.5. The van der Waals surface area contributed by atoms with Gasteiger partial charge in [-0.05, 0) is 97.9 Å². The van der Waals surface area contributed by atoms with Crippen molar-refractivity contribution in [3.8, 4) is 0 Å². The minimum Gasteiger partial charge on any atom is -0.493 e. The van der Waals surface area contributed by atoms with E-state index < -0.39 is 0 Å². The third-order valence-electron chi connectivity index (χ3n) is 11.0. The Hall–Kier alpha value is -2.48. The molecule has 0 fully saturated rings. The van der Waals surface area contributed by atoms with Crippen molar-refractivity contribution in [1.82, 2.24) is 0 Å². The lowest BCUT2D eigenvalue weighted by atomic mass is 9.95. The van der Waals surface area contributed by atoms with Crippen molar-refractivity contribution in [3.05, 3.63) is 87.0 Å². The first kappa shape index (κ1) is 41.9. The average Bonchev–Trinajstić information content (AvgIpc) is 3.47. The van der Waals surface area contributed by atoms with Crippen LogP contribution in [0.2, 0.25) is 0 Å². The molecule has 0 aliphatic carbocycles. The van der Waals surface area contributed by atoms with E-state index in [-0.39, 0.29) is 0 Å². The highest BCUT2D eigenvalue weighted by molar-refractivity contribution is 5.79. The number of nitrogens with zero attached hydrogens (tertiary/aromatic N) is 2. The SMILES string of the molecule is CCCCCCCCCCCCCCCCC1=C(c2cc(CC)cc(CCCCCC)c2)[N+](=[N-])C(c2cc(CC)cc(CCCCCC)c2)=C1. The summed E-state index contributed by atoms with van der Waals surface area (Å²) < 4.78 is 1.56. The number of aryl methyl sites for hydroxylation is 4. The van der Waals surface area contributed by atoms with E-state index in [2.05, 4.69) is 77.1 Å². The van der Waals surface area contributed by atoms with Crippen molar-refractivity contribution < 1.29 is 4.70 Å². The maximum absolute atomic E-state index is 12.0. The van der Waals surface area contributed by atoms with Crippen LogP contribution in [0.3, 0.4) is 0 Å². The second-order valence-corrected chi connectivity index (χ2v) is 15.5. The Kier molecular flexibility index (Phi) is 21.4. The van der Waals surface area contributed by atoms with E-state index in [1.807, 2.05) is 0 Å². The van der Waals surface area contributed by atoms with Gasteiger partial charge in [-0.15, -0.1) is 0 Å². The molecule has 0 saturated heterocycles. The molecule has 2 aromatic rings. The van der Waals surface area contributed by atoms with Gasteiger partial charge in [-0.2, -0.15) is 0 Å². The van der Waals surface area contributed by atoms with Crippen LogP contribution < -0.4 is 0 Å². The van der Waals surface area contributed by atoms with Gasteiger partial charge in [0.15, 0.2) is 0 Å². The van der Waals surface area contributed by atoms with Gasteiger partial charge in [-0.3, -0.25) is 0 Å². The van der Waals surface area contributed by atoms with Crippen LogP contribution in [0.25, 0.3) is 16.9 Å². The molecule has 0 spiro atoms. The van der Waals surface area contributed by atoms with Gasteiger partial charge >= 0.3 is 0 Å². The molecule has 2 nitrogen and oxygen atoms in total. The topological polar surface area (TPSA) is 25.3 Å². The highest BCUT2D eigenvalue weighted by atomic mass is 15.2. The van der Waals surface area contributed by atoms with E-state index in [1.165, 1.54) is 175 Å². The van der Waals surface area contributed by atoms with Crippen LogP contribution in [-0.2, 0) is 25.7 Å². The zero-order valence-electron chi connectivity index (χ0n) is 33.5. The Morgan fingerprint density at radius 3 is 1.22 bits per heavy atom. The smallest absolute Gasteiger partial charge is 0.210 e. The van der Waals surface area contributed by atoms with Crippen molar-refractivity contribution in [3.63, 3.8) is 0 Å². The highest BCUT2D eigenvalue weighted by Crippen LogP contribution is 2.39. The van der Waals surface area contributed by atoms with Gasteiger partial charge in [-0.25, -0.2) is 4.70 Å². The Bertz CT molecular complexity index is 1310. The summed E-state index contributed by atoms with van der Waals surface area (Å²) in [4.78, 5) is 0. The first-order valence-electron chi connectivity index (χ1n) is 21.7. The van der Waals surface area contributed by atoms with Gasteiger partial charge in [0.2, 0.25) is 11.4 Å². The molecule has 0 atom stereocenters. The maximum atomic E-state index is 12.0. The molecule has 2 aromatic carbocycles. The predicted molar refractivity (Wildman–Crippen MR) is 221 cm³/mol. The Morgan fingerprint density at radius 1 is 0.400 bits per heavy atom. The van der Waals surface area contributed by atoms with Crippen molar-refractivity contribution in [2.45, 2.75) is 208 Å². The number of allylic oxidation sites excluding steroid dienone is 2. The number of benzene rings is 2. The van der Waals surface area contributed by atoms with E-state index in [1.54, 1.807) is 4.70 Å². The van der Waals surface area contributed by atoms with Crippen LogP contribution in [-0.4, -0.2) is 4.70 Å². The minimum absolute atomic E-state index is 0.955. The van der Waals surface area contributed by atoms with Gasteiger partial charge < -0.3 is 5.53 Å². The zero-order valence-corrected chi connectivity index (χ0v) is 33.5. The largest absolute Gasteiger partial charge is 0.493 e. The van der Waals surface area contributed by atoms with Crippen LogP contribution >= 0.6 is 0 Å². The third-order valence-corrected chi connectivity index (χ3v) is 11.0. The normalized spacial score (nSPS) is 13.1. The molecule has 3 rings (SSSR count). The Labute approximate surface area is 310 Å². The average molecular weight is 681 g/mol. The fourth-order valence-corrected chi connectivity index (χ4v) is 7.78. The Morgan fingerprint density at radius 2 is 0.760 bits per heavy atom. The van der Waals surface area contributed by atoms with Crippen LogP contribution in [0.4, 0.5) is 0 Å². The lowest BCUT2D eigenvalue weighted by molar-refractivity contribution is -0.344. The summed E-state index contributed by atoms with van der Waals surface area (Å²) in [7, 11) is 0. The molecule has 278 valence electrons. The molecule has 0 saturated carbocycles. The van der Waals surface area contributed by atoms with Gasteiger partial charge in [-0.1, -0.05) is 169 Å². The minimum atomic E-state index is 0.955. The summed E-state index contributed by atoms with van der Waals surface area (Å²) >= 11 is 0. The standard InChI is InChI=1S/C48H76N2/c1-6-11-14-17-18-19-20-21-22-23-24-25-26-29-32-44-39-47(45-35-40(9-4)33-42(37-45)30-27-15-12-7-2)50(49)48(44)46-36-41(10-5)34-43(38-46)31-28-16-13-8-3/h33-39H,6-32H2,1-5H3. The van der Waals surface area contributed by atoms with E-state index in [4.69, 9.17) is 0 Å². The third kappa shape index (κ3) is 15.0. The number of hydrogen-bond acceptors (Lipinski definition) is 0. The highest BCUT2D eigenvalue weighted by Gasteiger charge is 2.29. The van der Waals surface area contributed by atoms with Gasteiger partial charge in [0, 0.05) is 22.8 Å². The molecule has 1 heterocycles. The molecule has 2 heteroatoms. The number of rotatable bonds is 29. The summed E-state index contributed by atoms with van der Waals surface area (Å²) in [6.07, 6.45) is 37.1. The lowest BCUT2D eigenvalue weighted by Gasteiger charge is -2.14. The quantitative estimate of drug-likeness (QED) is 0.0604. The number of hydrogen-bond donors (Lipinski definition) is 0. The van der Waals surface area contributed by atoms with Crippen LogP contribution in [0.1, 0.15) is 216 Å². The second-order valence-electron chi connectivity index (χ2n) is 15.5. The van der Waals surface area contributed by atoms with E-state index in [9.17, 15) is 5.53 Å². The summed E-state index contributed by atoms with van der Waals surface area (Å²) in [5.74, 6) is 0. The molecule has 0 radical (unpaired) electrons. The van der Waals surface area contributed by atoms with Crippen molar-refractivity contribution >= 4 is 11.4 Å². The lowest BCUT2D eigenvalue weighted by Crippen LogP contribution is -2.05. The maximum Gasteiger partial charge on any atom is 0.210 e. The van der Waals surface area contributed by atoms with Gasteiger partial charge in [0.05, 0.1) is 0 Å². The number of unbranched alkanes of at least 4 members (excludes halogenated alkanes) is 19. The monoisotopic (exact) mass is 681 g/mol. The predicted octanol–water partition coefficient (Wildman–Crippen LogP) is 15.7. The molecule has 0 unspecified atom stereocenters. The Balaban J connectivity index is 1.71. The van der Waals surface area contributed by atoms with Crippen molar-refractivity contribution in [1.29, 1.82) is 0 Å². The van der Waals surface area contributed by atoms with Crippen molar-refractivity contribution in [2.24, 2.45) is 0 Å². The first-order chi connectivity index (χ1) is 24.5. The molecule has 0 aromatic heterocycles. The van der Waals surface area contributed by atoms with E-state index in [0.29, 0.717) is 0 Å². The summed E-state index contributed by atoms with van der Waals surface area (Å²) in [5.41, 5.74) is 23.3. The van der Waals surface area contributed by atoms with E-state index in [0.717, 1.165) is 49.1 Å². The van der Waals surface area contributed by atoms with Gasteiger partial charge in [0.1, 0.15) is 0 Å². The van der Waals surface area contributed by atoms with Crippen LogP contribution in [0.5, 0.6) is 0 Å². The summed E-state index contributed by atoms with van der Waals surface area (Å²) in [6, 6.07) is 14.2.